The second-order valence-corrected chi connectivity index (χ2v) is 5.82. The first-order valence-corrected chi connectivity index (χ1v) is 7.47. The van der Waals surface area contributed by atoms with Crippen LogP contribution < -0.4 is 5.32 Å². The van der Waals surface area contributed by atoms with Gasteiger partial charge in [-0.15, -0.1) is 11.3 Å². The zero-order valence-corrected chi connectivity index (χ0v) is 12.4. The molecule has 0 spiro atoms. The van der Waals surface area contributed by atoms with Gasteiger partial charge in [0.05, 0.1) is 11.4 Å². The lowest BCUT2D eigenvalue weighted by molar-refractivity contribution is 0.756. The third kappa shape index (κ3) is 2.75. The molecule has 0 bridgehead atoms. The standard InChI is InChI=1S/C16H17N3S/c1-12-16(10-19(2)18-12)17-9-15-8-14(11-20-15)13-6-4-3-5-7-13/h3-8,10-11,17H,9H2,1-2H3. The Hall–Kier alpha value is -2.07. The van der Waals surface area contributed by atoms with Gasteiger partial charge in [0.2, 0.25) is 0 Å². The van der Waals surface area contributed by atoms with Crippen molar-refractivity contribution in [3.63, 3.8) is 0 Å². The monoisotopic (exact) mass is 283 g/mol. The minimum absolute atomic E-state index is 0.837. The van der Waals surface area contributed by atoms with Crippen LogP contribution in [-0.2, 0) is 13.6 Å². The molecule has 20 heavy (non-hydrogen) atoms. The highest BCUT2D eigenvalue weighted by Crippen LogP contribution is 2.26. The van der Waals surface area contributed by atoms with E-state index < -0.39 is 0 Å². The molecule has 102 valence electrons. The molecule has 3 aromatic rings. The number of aryl methyl sites for hydroxylation is 2. The highest BCUT2D eigenvalue weighted by Gasteiger charge is 2.05. The van der Waals surface area contributed by atoms with Crippen molar-refractivity contribution < 1.29 is 0 Å². The molecule has 0 aliphatic carbocycles. The number of anilines is 1. The molecule has 2 aromatic heterocycles. The second kappa shape index (κ2) is 5.51. The van der Waals surface area contributed by atoms with Crippen LogP contribution in [0.4, 0.5) is 5.69 Å². The molecular weight excluding hydrogens is 266 g/mol. The van der Waals surface area contributed by atoms with Crippen LogP contribution in [0.5, 0.6) is 0 Å². The molecule has 4 heteroatoms. The molecule has 1 N–H and O–H groups in total. The van der Waals surface area contributed by atoms with Gasteiger partial charge < -0.3 is 5.32 Å². The Bertz CT molecular complexity index is 698. The summed E-state index contributed by atoms with van der Waals surface area (Å²) in [5, 5.41) is 9.99. The Morgan fingerprint density at radius 2 is 2.00 bits per heavy atom. The van der Waals surface area contributed by atoms with Crippen LogP contribution >= 0.6 is 11.3 Å². The summed E-state index contributed by atoms with van der Waals surface area (Å²) in [5.41, 5.74) is 4.69. The zero-order chi connectivity index (χ0) is 13.9. The molecular formula is C16H17N3S. The quantitative estimate of drug-likeness (QED) is 0.782. The lowest BCUT2D eigenvalue weighted by Gasteiger charge is -2.01. The van der Waals surface area contributed by atoms with E-state index in [1.165, 1.54) is 16.0 Å². The van der Waals surface area contributed by atoms with E-state index in [1.54, 1.807) is 11.3 Å². The van der Waals surface area contributed by atoms with Crippen LogP contribution in [0.3, 0.4) is 0 Å². The van der Waals surface area contributed by atoms with Gasteiger partial charge in [-0.2, -0.15) is 5.10 Å². The van der Waals surface area contributed by atoms with Crippen molar-refractivity contribution in [2.24, 2.45) is 7.05 Å². The van der Waals surface area contributed by atoms with Crippen LogP contribution in [0, 0.1) is 6.92 Å². The first kappa shape index (κ1) is 12.9. The van der Waals surface area contributed by atoms with Crippen molar-refractivity contribution in [3.05, 3.63) is 58.5 Å². The molecule has 0 unspecified atom stereocenters. The Labute approximate surface area is 122 Å². The van der Waals surface area contributed by atoms with Gasteiger partial charge in [-0.25, -0.2) is 0 Å². The van der Waals surface area contributed by atoms with E-state index in [2.05, 4.69) is 46.1 Å². The van der Waals surface area contributed by atoms with Gasteiger partial charge in [0.1, 0.15) is 0 Å². The smallest absolute Gasteiger partial charge is 0.0825 e. The third-order valence-electron chi connectivity index (χ3n) is 3.23. The van der Waals surface area contributed by atoms with Crippen LogP contribution in [0.15, 0.2) is 48.0 Å². The summed E-state index contributed by atoms with van der Waals surface area (Å²) in [6.07, 6.45) is 2.01. The fraction of sp³-hybridized carbons (Fsp3) is 0.188. The number of hydrogen-bond acceptors (Lipinski definition) is 3. The molecule has 2 heterocycles. The third-order valence-corrected chi connectivity index (χ3v) is 4.16. The number of benzene rings is 1. The number of thiophene rings is 1. The number of aromatic nitrogens is 2. The van der Waals surface area contributed by atoms with Gasteiger partial charge in [-0.1, -0.05) is 30.3 Å². The van der Waals surface area contributed by atoms with Gasteiger partial charge in [0, 0.05) is 24.7 Å². The average Bonchev–Trinajstić information content (AvgIpc) is 3.04. The van der Waals surface area contributed by atoms with Crippen molar-refractivity contribution in [2.45, 2.75) is 13.5 Å². The summed E-state index contributed by atoms with van der Waals surface area (Å²) in [5.74, 6) is 0. The van der Waals surface area contributed by atoms with E-state index in [0.717, 1.165) is 17.9 Å². The minimum Gasteiger partial charge on any atom is -0.377 e. The van der Waals surface area contributed by atoms with Gasteiger partial charge in [0.15, 0.2) is 0 Å². The fourth-order valence-electron chi connectivity index (χ4n) is 2.21. The maximum Gasteiger partial charge on any atom is 0.0825 e. The maximum atomic E-state index is 4.33. The van der Waals surface area contributed by atoms with Crippen molar-refractivity contribution in [1.29, 1.82) is 0 Å². The molecule has 0 saturated heterocycles. The summed E-state index contributed by atoms with van der Waals surface area (Å²) < 4.78 is 1.83. The molecule has 0 saturated carbocycles. The van der Waals surface area contributed by atoms with E-state index in [9.17, 15) is 0 Å². The SMILES string of the molecule is Cc1nn(C)cc1NCc1cc(-c2ccccc2)cs1. The van der Waals surface area contributed by atoms with Crippen LogP contribution in [0.2, 0.25) is 0 Å². The van der Waals surface area contributed by atoms with Crippen molar-refractivity contribution in [2.75, 3.05) is 5.32 Å². The second-order valence-electron chi connectivity index (χ2n) is 4.82. The molecule has 3 nitrogen and oxygen atoms in total. The van der Waals surface area contributed by atoms with Crippen LogP contribution in [0.1, 0.15) is 10.6 Å². The Balaban J connectivity index is 1.70. The van der Waals surface area contributed by atoms with Crippen LogP contribution in [-0.4, -0.2) is 9.78 Å². The zero-order valence-electron chi connectivity index (χ0n) is 11.6. The molecule has 0 radical (unpaired) electrons. The average molecular weight is 283 g/mol. The lowest BCUT2D eigenvalue weighted by Crippen LogP contribution is -1.97. The van der Waals surface area contributed by atoms with Crippen molar-refractivity contribution in [3.8, 4) is 11.1 Å². The lowest BCUT2D eigenvalue weighted by atomic mass is 10.1. The first-order chi connectivity index (χ1) is 9.72. The predicted octanol–water partition coefficient (Wildman–Crippen LogP) is 4.07. The Kier molecular flexibility index (Phi) is 3.56. The number of nitrogens with zero attached hydrogens (tertiary/aromatic N) is 2. The fourth-order valence-corrected chi connectivity index (χ4v) is 3.04. The largest absolute Gasteiger partial charge is 0.377 e. The summed E-state index contributed by atoms with van der Waals surface area (Å²) >= 11 is 1.79. The summed E-state index contributed by atoms with van der Waals surface area (Å²) in [6, 6.07) is 12.7. The van der Waals surface area contributed by atoms with Gasteiger partial charge in [-0.3, -0.25) is 4.68 Å². The molecule has 1 aromatic carbocycles. The van der Waals surface area contributed by atoms with E-state index >= 15 is 0 Å². The molecule has 3 rings (SSSR count). The number of nitrogens with one attached hydrogen (secondary N) is 1. The van der Waals surface area contributed by atoms with Gasteiger partial charge in [0.25, 0.3) is 0 Å². The van der Waals surface area contributed by atoms with Crippen molar-refractivity contribution >= 4 is 17.0 Å². The molecule has 0 aliphatic rings. The Morgan fingerprint density at radius 1 is 1.20 bits per heavy atom. The van der Waals surface area contributed by atoms with Crippen LogP contribution in [0.25, 0.3) is 11.1 Å². The molecule has 0 atom stereocenters. The van der Waals surface area contributed by atoms with E-state index in [1.807, 2.05) is 30.9 Å². The highest BCUT2D eigenvalue weighted by atomic mass is 32.1. The van der Waals surface area contributed by atoms with Gasteiger partial charge >= 0.3 is 0 Å². The first-order valence-electron chi connectivity index (χ1n) is 6.59. The molecule has 0 amide bonds. The normalized spacial score (nSPS) is 10.7. The Morgan fingerprint density at radius 3 is 2.70 bits per heavy atom. The van der Waals surface area contributed by atoms with Gasteiger partial charge in [-0.05, 0) is 29.5 Å². The van der Waals surface area contributed by atoms with E-state index in [0.29, 0.717) is 0 Å². The highest BCUT2D eigenvalue weighted by molar-refractivity contribution is 7.10. The molecule has 0 fully saturated rings. The van der Waals surface area contributed by atoms with Crippen molar-refractivity contribution in [1.82, 2.24) is 9.78 Å². The van der Waals surface area contributed by atoms with E-state index in [4.69, 9.17) is 0 Å². The molecule has 0 aliphatic heterocycles. The summed E-state index contributed by atoms with van der Waals surface area (Å²) in [4.78, 5) is 1.33. The number of rotatable bonds is 4. The maximum absolute atomic E-state index is 4.33. The number of hydrogen-bond donors (Lipinski definition) is 1. The van der Waals surface area contributed by atoms with E-state index in [-0.39, 0.29) is 0 Å². The topological polar surface area (TPSA) is 29.9 Å². The minimum atomic E-state index is 0.837. The predicted molar refractivity (Wildman–Crippen MR) is 85.0 cm³/mol. The summed E-state index contributed by atoms with van der Waals surface area (Å²) in [7, 11) is 1.94. The summed E-state index contributed by atoms with van der Waals surface area (Å²) in [6.45, 7) is 2.86.